The smallest absolute Gasteiger partial charge is 0.260 e. The molecule has 1 aliphatic carbocycles. The zero-order valence-corrected chi connectivity index (χ0v) is 22.3. The van der Waals surface area contributed by atoms with E-state index in [0.717, 1.165) is 31.0 Å². The molecule has 9 heteroatoms. The van der Waals surface area contributed by atoms with Crippen molar-refractivity contribution >= 4 is 35.3 Å². The number of pyridine rings is 2. The summed E-state index contributed by atoms with van der Waals surface area (Å²) in [6.45, 7) is 11.9. The molecule has 0 unspecified atom stereocenters. The van der Waals surface area contributed by atoms with Crippen molar-refractivity contribution in [3.05, 3.63) is 35.9 Å². The number of piperidine rings is 1. The average molecular weight is 499 g/mol. The number of hydrogen-bond acceptors (Lipinski definition) is 8. The predicted octanol–water partition coefficient (Wildman–Crippen LogP) is 4.69. The van der Waals surface area contributed by atoms with E-state index in [0.29, 0.717) is 28.4 Å². The fraction of sp³-hybridized carbons (Fsp3) is 0.577. The SMILES string of the molecule is CC(C)(C)NSc1cccc(NC(=O)c2ccc(NC(C)(C)CO)nc2N2CCC3(CC2)CC3)n1. The predicted molar refractivity (Wildman–Crippen MR) is 143 cm³/mol. The lowest BCUT2D eigenvalue weighted by atomic mass is 9.93. The summed E-state index contributed by atoms with van der Waals surface area (Å²) < 4.78 is 3.34. The fourth-order valence-electron chi connectivity index (χ4n) is 4.12. The molecular formula is C26H38N6O2S. The Morgan fingerprint density at radius 1 is 1.03 bits per heavy atom. The molecule has 190 valence electrons. The minimum Gasteiger partial charge on any atom is -0.394 e. The molecule has 4 N–H and O–H groups in total. The summed E-state index contributed by atoms with van der Waals surface area (Å²) in [6.07, 6.45) is 4.91. The maximum Gasteiger partial charge on any atom is 0.260 e. The summed E-state index contributed by atoms with van der Waals surface area (Å²) in [6, 6.07) is 9.21. The Morgan fingerprint density at radius 3 is 2.37 bits per heavy atom. The molecule has 35 heavy (non-hydrogen) atoms. The van der Waals surface area contributed by atoms with Gasteiger partial charge in [-0.2, -0.15) is 0 Å². The van der Waals surface area contributed by atoms with E-state index < -0.39 is 5.54 Å². The molecule has 4 rings (SSSR count). The third-order valence-corrected chi connectivity index (χ3v) is 7.64. The van der Waals surface area contributed by atoms with Crippen molar-refractivity contribution in [2.24, 2.45) is 5.41 Å². The van der Waals surface area contributed by atoms with Crippen LogP contribution in [0.5, 0.6) is 0 Å². The number of amides is 1. The van der Waals surface area contributed by atoms with Gasteiger partial charge in [-0.05, 0) is 102 Å². The zero-order valence-electron chi connectivity index (χ0n) is 21.4. The molecule has 1 amide bonds. The molecule has 0 aromatic carbocycles. The summed E-state index contributed by atoms with van der Waals surface area (Å²) in [7, 11) is 0. The van der Waals surface area contributed by atoms with E-state index >= 15 is 0 Å². The molecule has 1 aliphatic heterocycles. The number of aliphatic hydroxyl groups excluding tert-OH is 1. The van der Waals surface area contributed by atoms with Crippen LogP contribution in [0.15, 0.2) is 35.4 Å². The molecule has 2 aromatic rings. The van der Waals surface area contributed by atoms with Gasteiger partial charge in [0.2, 0.25) is 0 Å². The number of carbonyl (C=O) groups is 1. The molecule has 0 bridgehead atoms. The van der Waals surface area contributed by atoms with Crippen LogP contribution in [0.25, 0.3) is 0 Å². The molecule has 2 fully saturated rings. The molecule has 1 saturated carbocycles. The van der Waals surface area contributed by atoms with E-state index in [1.54, 1.807) is 12.1 Å². The molecule has 0 atom stereocenters. The largest absolute Gasteiger partial charge is 0.394 e. The fourth-order valence-corrected chi connectivity index (χ4v) is 4.82. The number of carbonyl (C=O) groups excluding carboxylic acids is 1. The normalized spacial score (nSPS) is 17.4. The third-order valence-electron chi connectivity index (χ3n) is 6.49. The number of nitrogens with one attached hydrogen (secondary N) is 3. The molecule has 2 aromatic heterocycles. The van der Waals surface area contributed by atoms with Crippen molar-refractivity contribution in [1.29, 1.82) is 0 Å². The van der Waals surface area contributed by atoms with Crippen LogP contribution in [0.4, 0.5) is 17.5 Å². The van der Waals surface area contributed by atoms with Crippen LogP contribution in [0.1, 0.15) is 70.7 Å². The highest BCUT2D eigenvalue weighted by molar-refractivity contribution is 7.97. The van der Waals surface area contributed by atoms with E-state index in [-0.39, 0.29) is 18.1 Å². The van der Waals surface area contributed by atoms with Gasteiger partial charge in [-0.15, -0.1) is 0 Å². The van der Waals surface area contributed by atoms with Crippen LogP contribution in [0.3, 0.4) is 0 Å². The number of aliphatic hydroxyl groups is 1. The first-order valence-corrected chi connectivity index (χ1v) is 13.2. The molecule has 1 spiro atoms. The highest BCUT2D eigenvalue weighted by Gasteiger charge is 2.45. The average Bonchev–Trinajstić information content (AvgIpc) is 3.56. The lowest BCUT2D eigenvalue weighted by Crippen LogP contribution is -2.38. The van der Waals surface area contributed by atoms with Gasteiger partial charge in [0, 0.05) is 18.6 Å². The van der Waals surface area contributed by atoms with Gasteiger partial charge in [0.25, 0.3) is 5.91 Å². The standard InChI is InChI=1S/C26H38N6O2S/c1-24(2,3)31-35-21-8-6-7-19(27-21)29-23(34)18-9-10-20(30-25(4,5)17-33)28-22(18)32-15-13-26(11-12-26)14-16-32/h6-10,31,33H,11-17H2,1-5H3,(H,28,30)(H,27,29,34). The lowest BCUT2D eigenvalue weighted by molar-refractivity contribution is 0.102. The highest BCUT2D eigenvalue weighted by atomic mass is 32.2. The second kappa shape index (κ2) is 9.95. The second-order valence-electron chi connectivity index (χ2n) is 11.5. The Morgan fingerprint density at radius 2 is 1.74 bits per heavy atom. The van der Waals surface area contributed by atoms with E-state index in [1.165, 1.54) is 24.8 Å². The Bertz CT molecular complexity index is 1050. The first-order chi connectivity index (χ1) is 16.5. The van der Waals surface area contributed by atoms with Crippen LogP contribution < -0.4 is 20.3 Å². The van der Waals surface area contributed by atoms with Crippen molar-refractivity contribution in [3.8, 4) is 0 Å². The maximum absolute atomic E-state index is 13.4. The topological polar surface area (TPSA) is 102 Å². The first kappa shape index (κ1) is 25.7. The van der Waals surface area contributed by atoms with Crippen LogP contribution in [-0.4, -0.2) is 51.8 Å². The van der Waals surface area contributed by atoms with Crippen molar-refractivity contribution in [2.45, 2.75) is 76.4 Å². The molecule has 3 heterocycles. The van der Waals surface area contributed by atoms with Crippen molar-refractivity contribution in [3.63, 3.8) is 0 Å². The Balaban J connectivity index is 1.55. The van der Waals surface area contributed by atoms with Crippen LogP contribution in [0.2, 0.25) is 0 Å². The molecule has 0 radical (unpaired) electrons. The third kappa shape index (κ3) is 6.86. The number of hydrogen-bond donors (Lipinski definition) is 4. The van der Waals surface area contributed by atoms with Crippen molar-refractivity contribution < 1.29 is 9.90 Å². The minimum atomic E-state index is -0.517. The summed E-state index contributed by atoms with van der Waals surface area (Å²) in [5.41, 5.74) is 0.477. The van der Waals surface area contributed by atoms with Crippen LogP contribution in [0, 0.1) is 5.41 Å². The summed E-state index contributed by atoms with van der Waals surface area (Å²) in [5, 5.41) is 16.7. The number of rotatable bonds is 8. The van der Waals surface area contributed by atoms with Crippen LogP contribution >= 0.6 is 11.9 Å². The van der Waals surface area contributed by atoms with Crippen LogP contribution in [-0.2, 0) is 0 Å². The van der Waals surface area contributed by atoms with Gasteiger partial charge in [0.05, 0.1) is 17.7 Å². The first-order valence-electron chi connectivity index (χ1n) is 12.4. The Hall–Kier alpha value is -2.36. The summed E-state index contributed by atoms with van der Waals surface area (Å²) in [4.78, 5) is 25.0. The summed E-state index contributed by atoms with van der Waals surface area (Å²) in [5.74, 6) is 1.59. The zero-order chi connectivity index (χ0) is 25.3. The van der Waals surface area contributed by atoms with E-state index in [4.69, 9.17) is 4.98 Å². The molecular weight excluding hydrogens is 460 g/mol. The quantitative estimate of drug-likeness (QED) is 0.389. The van der Waals surface area contributed by atoms with Crippen molar-refractivity contribution in [1.82, 2.24) is 14.7 Å². The Kier molecular flexibility index (Phi) is 7.31. The van der Waals surface area contributed by atoms with Gasteiger partial charge < -0.3 is 20.6 Å². The highest BCUT2D eigenvalue weighted by Crippen LogP contribution is 2.54. The Labute approximate surface area is 212 Å². The van der Waals surface area contributed by atoms with Gasteiger partial charge in [0.1, 0.15) is 22.5 Å². The molecule has 8 nitrogen and oxygen atoms in total. The number of nitrogens with zero attached hydrogens (tertiary/aromatic N) is 3. The van der Waals surface area contributed by atoms with E-state index in [1.807, 2.05) is 32.0 Å². The van der Waals surface area contributed by atoms with Gasteiger partial charge in [-0.25, -0.2) is 9.97 Å². The second-order valence-corrected chi connectivity index (χ2v) is 12.3. The van der Waals surface area contributed by atoms with Gasteiger partial charge in [0.15, 0.2) is 0 Å². The minimum absolute atomic E-state index is 0.0252. The van der Waals surface area contributed by atoms with Crippen molar-refractivity contribution in [2.75, 3.05) is 35.2 Å². The lowest BCUT2D eigenvalue weighted by Gasteiger charge is -2.34. The maximum atomic E-state index is 13.4. The van der Waals surface area contributed by atoms with Gasteiger partial charge >= 0.3 is 0 Å². The number of anilines is 3. The molecule has 1 saturated heterocycles. The van der Waals surface area contributed by atoms with Gasteiger partial charge in [-0.3, -0.25) is 9.52 Å². The molecule has 2 aliphatic rings. The van der Waals surface area contributed by atoms with Gasteiger partial charge in [-0.1, -0.05) is 6.07 Å². The number of aromatic nitrogens is 2. The monoisotopic (exact) mass is 498 g/mol. The summed E-state index contributed by atoms with van der Waals surface area (Å²) >= 11 is 1.44. The van der Waals surface area contributed by atoms with E-state index in [9.17, 15) is 9.90 Å². The van der Waals surface area contributed by atoms with E-state index in [2.05, 4.69) is 46.0 Å².